The normalized spacial score (nSPS) is 15.1. The van der Waals surface area contributed by atoms with E-state index in [0.717, 1.165) is 18.8 Å². The van der Waals surface area contributed by atoms with Gasteiger partial charge in [0.1, 0.15) is 5.69 Å². The van der Waals surface area contributed by atoms with Gasteiger partial charge in [0.25, 0.3) is 5.91 Å². The number of rotatable bonds is 5. The number of nitrogens with one attached hydrogen (secondary N) is 2. The lowest BCUT2D eigenvalue weighted by atomic mass is 9.85. The van der Waals surface area contributed by atoms with Crippen molar-refractivity contribution < 1.29 is 4.79 Å². The van der Waals surface area contributed by atoms with E-state index in [-0.39, 0.29) is 5.91 Å². The lowest BCUT2D eigenvalue weighted by Gasteiger charge is -2.25. The minimum Gasteiger partial charge on any atom is -0.384 e. The Bertz CT molecular complexity index is 371. The Morgan fingerprint density at radius 1 is 1.47 bits per heavy atom. The van der Waals surface area contributed by atoms with Crippen molar-refractivity contribution in [3.63, 3.8) is 0 Å². The molecule has 1 saturated carbocycles. The highest BCUT2D eigenvalue weighted by molar-refractivity contribution is 5.92. The Labute approximate surface area is 102 Å². The van der Waals surface area contributed by atoms with Crippen molar-refractivity contribution >= 4 is 11.6 Å². The van der Waals surface area contributed by atoms with Gasteiger partial charge in [0, 0.05) is 13.1 Å². The van der Waals surface area contributed by atoms with Crippen LogP contribution in [0.25, 0.3) is 0 Å². The zero-order chi connectivity index (χ0) is 12.1. The standard InChI is InChI=1S/C13H19N3O/c1-2-14-11-6-7-12(15-9-11)13(17)16-8-10-4-3-5-10/h6-7,9-10,14H,2-5,8H2,1H3,(H,16,17). The van der Waals surface area contributed by atoms with Crippen LogP contribution < -0.4 is 10.6 Å². The monoisotopic (exact) mass is 233 g/mol. The first-order chi connectivity index (χ1) is 8.29. The molecule has 0 saturated heterocycles. The van der Waals surface area contributed by atoms with E-state index in [9.17, 15) is 4.79 Å². The van der Waals surface area contributed by atoms with Crippen molar-refractivity contribution in [1.29, 1.82) is 0 Å². The van der Waals surface area contributed by atoms with Crippen LogP contribution in [-0.4, -0.2) is 24.0 Å². The molecule has 92 valence electrons. The molecular formula is C13H19N3O. The van der Waals surface area contributed by atoms with Gasteiger partial charge in [-0.3, -0.25) is 4.79 Å². The predicted octanol–water partition coefficient (Wildman–Crippen LogP) is 2.04. The first-order valence-electron chi connectivity index (χ1n) is 6.27. The third kappa shape index (κ3) is 3.19. The maximum Gasteiger partial charge on any atom is 0.269 e. The molecule has 1 aliphatic carbocycles. The average Bonchev–Trinajstić information content (AvgIpc) is 2.28. The number of hydrogen-bond donors (Lipinski definition) is 2. The summed E-state index contributed by atoms with van der Waals surface area (Å²) >= 11 is 0. The SMILES string of the molecule is CCNc1ccc(C(=O)NCC2CCC2)nc1. The van der Waals surface area contributed by atoms with Gasteiger partial charge in [-0.2, -0.15) is 0 Å². The molecule has 2 rings (SSSR count). The Balaban J connectivity index is 1.84. The summed E-state index contributed by atoms with van der Waals surface area (Å²) in [6.07, 6.45) is 5.48. The van der Waals surface area contributed by atoms with E-state index in [1.54, 1.807) is 12.3 Å². The molecule has 0 radical (unpaired) electrons. The molecule has 1 aromatic rings. The van der Waals surface area contributed by atoms with Gasteiger partial charge in [-0.1, -0.05) is 6.42 Å². The minimum atomic E-state index is -0.0695. The van der Waals surface area contributed by atoms with E-state index in [4.69, 9.17) is 0 Å². The summed E-state index contributed by atoms with van der Waals surface area (Å²) in [4.78, 5) is 15.9. The van der Waals surface area contributed by atoms with Crippen LogP contribution in [0, 0.1) is 5.92 Å². The zero-order valence-corrected chi connectivity index (χ0v) is 10.2. The van der Waals surface area contributed by atoms with E-state index < -0.39 is 0 Å². The van der Waals surface area contributed by atoms with E-state index in [0.29, 0.717) is 11.6 Å². The number of aromatic nitrogens is 1. The molecule has 1 aliphatic rings. The van der Waals surface area contributed by atoms with Gasteiger partial charge in [-0.25, -0.2) is 4.98 Å². The summed E-state index contributed by atoms with van der Waals surface area (Å²) in [6.45, 7) is 3.67. The smallest absolute Gasteiger partial charge is 0.269 e. The van der Waals surface area contributed by atoms with Crippen molar-refractivity contribution in [3.05, 3.63) is 24.0 Å². The van der Waals surface area contributed by atoms with Crippen molar-refractivity contribution in [1.82, 2.24) is 10.3 Å². The number of hydrogen-bond acceptors (Lipinski definition) is 3. The first-order valence-corrected chi connectivity index (χ1v) is 6.27. The van der Waals surface area contributed by atoms with Crippen LogP contribution in [0.1, 0.15) is 36.7 Å². The largest absolute Gasteiger partial charge is 0.384 e. The van der Waals surface area contributed by atoms with Crippen molar-refractivity contribution in [2.45, 2.75) is 26.2 Å². The number of amides is 1. The fraction of sp³-hybridized carbons (Fsp3) is 0.538. The van der Waals surface area contributed by atoms with E-state index in [2.05, 4.69) is 15.6 Å². The van der Waals surface area contributed by atoms with E-state index >= 15 is 0 Å². The molecule has 0 aliphatic heterocycles. The molecule has 0 atom stereocenters. The third-order valence-electron chi connectivity index (χ3n) is 3.15. The van der Waals surface area contributed by atoms with Gasteiger partial charge >= 0.3 is 0 Å². The molecule has 4 nitrogen and oxygen atoms in total. The number of pyridine rings is 1. The second-order valence-electron chi connectivity index (χ2n) is 4.47. The molecular weight excluding hydrogens is 214 g/mol. The lowest BCUT2D eigenvalue weighted by Crippen LogP contribution is -2.32. The predicted molar refractivity (Wildman–Crippen MR) is 68.1 cm³/mol. The highest BCUT2D eigenvalue weighted by Crippen LogP contribution is 2.25. The van der Waals surface area contributed by atoms with E-state index in [1.165, 1.54) is 19.3 Å². The van der Waals surface area contributed by atoms with Gasteiger partial charge in [0.05, 0.1) is 11.9 Å². The fourth-order valence-electron chi connectivity index (χ4n) is 1.86. The summed E-state index contributed by atoms with van der Waals surface area (Å²) < 4.78 is 0. The van der Waals surface area contributed by atoms with Gasteiger partial charge in [-0.15, -0.1) is 0 Å². The van der Waals surface area contributed by atoms with Crippen LogP contribution in [-0.2, 0) is 0 Å². The van der Waals surface area contributed by atoms with Gasteiger partial charge in [-0.05, 0) is 37.8 Å². The topological polar surface area (TPSA) is 54.0 Å². The third-order valence-corrected chi connectivity index (χ3v) is 3.15. The number of nitrogens with zero attached hydrogens (tertiary/aromatic N) is 1. The zero-order valence-electron chi connectivity index (χ0n) is 10.2. The number of anilines is 1. The number of carbonyl (C=O) groups is 1. The Morgan fingerprint density at radius 2 is 2.29 bits per heavy atom. The minimum absolute atomic E-state index is 0.0695. The second-order valence-corrected chi connectivity index (χ2v) is 4.47. The second kappa shape index (κ2) is 5.66. The lowest BCUT2D eigenvalue weighted by molar-refractivity contribution is 0.0934. The summed E-state index contributed by atoms with van der Waals surface area (Å²) in [5, 5.41) is 6.08. The molecule has 2 N–H and O–H groups in total. The van der Waals surface area contributed by atoms with Gasteiger partial charge < -0.3 is 10.6 Å². The van der Waals surface area contributed by atoms with Crippen LogP contribution in [0.4, 0.5) is 5.69 Å². The molecule has 0 spiro atoms. The maximum absolute atomic E-state index is 11.8. The van der Waals surface area contributed by atoms with Crippen molar-refractivity contribution in [2.75, 3.05) is 18.4 Å². The molecule has 1 fully saturated rings. The molecule has 1 aromatic heterocycles. The molecule has 17 heavy (non-hydrogen) atoms. The van der Waals surface area contributed by atoms with E-state index in [1.807, 2.05) is 13.0 Å². The quantitative estimate of drug-likeness (QED) is 0.818. The summed E-state index contributed by atoms with van der Waals surface area (Å²) in [6, 6.07) is 3.64. The Kier molecular flexibility index (Phi) is 3.96. The van der Waals surface area contributed by atoms with Gasteiger partial charge in [0.15, 0.2) is 0 Å². The molecule has 0 bridgehead atoms. The van der Waals surface area contributed by atoms with Crippen LogP contribution >= 0.6 is 0 Å². The van der Waals surface area contributed by atoms with Crippen LogP contribution in [0.3, 0.4) is 0 Å². The maximum atomic E-state index is 11.8. The summed E-state index contributed by atoms with van der Waals surface area (Å²) in [7, 11) is 0. The molecule has 0 unspecified atom stereocenters. The fourth-order valence-corrected chi connectivity index (χ4v) is 1.86. The van der Waals surface area contributed by atoms with Crippen LogP contribution in [0.15, 0.2) is 18.3 Å². The average molecular weight is 233 g/mol. The molecule has 1 heterocycles. The highest BCUT2D eigenvalue weighted by atomic mass is 16.1. The molecule has 4 heteroatoms. The Hall–Kier alpha value is -1.58. The Morgan fingerprint density at radius 3 is 2.82 bits per heavy atom. The van der Waals surface area contributed by atoms with Crippen molar-refractivity contribution in [3.8, 4) is 0 Å². The molecule has 0 aromatic carbocycles. The highest BCUT2D eigenvalue weighted by Gasteiger charge is 2.18. The first kappa shape index (κ1) is 11.9. The van der Waals surface area contributed by atoms with Crippen LogP contribution in [0.5, 0.6) is 0 Å². The number of carbonyl (C=O) groups excluding carboxylic acids is 1. The van der Waals surface area contributed by atoms with Crippen LogP contribution in [0.2, 0.25) is 0 Å². The summed E-state index contributed by atoms with van der Waals surface area (Å²) in [5.74, 6) is 0.611. The van der Waals surface area contributed by atoms with Crippen molar-refractivity contribution in [2.24, 2.45) is 5.92 Å². The van der Waals surface area contributed by atoms with Gasteiger partial charge in [0.2, 0.25) is 0 Å². The molecule has 1 amide bonds. The summed E-state index contributed by atoms with van der Waals surface area (Å²) in [5.41, 5.74) is 1.44.